The molecule has 29 heavy (non-hydrogen) atoms. The molecule has 7 nitrogen and oxygen atoms in total. The number of aryl methyl sites for hydroxylation is 2. The van der Waals surface area contributed by atoms with Gasteiger partial charge in [0.2, 0.25) is 11.8 Å². The first-order chi connectivity index (χ1) is 13.7. The van der Waals surface area contributed by atoms with Crippen molar-refractivity contribution in [1.29, 1.82) is 0 Å². The highest BCUT2D eigenvalue weighted by molar-refractivity contribution is 8.15. The molecule has 2 amide bonds. The molecule has 0 aliphatic carbocycles. The molecule has 0 unspecified atom stereocenters. The molecule has 1 saturated heterocycles. The number of nitrogens with zero attached hydrogens (tertiary/aromatic N) is 2. The Balaban J connectivity index is 1.65. The van der Waals surface area contributed by atoms with Crippen molar-refractivity contribution in [2.24, 2.45) is 4.99 Å². The Kier molecular flexibility index (Phi) is 6.03. The second-order valence-electron chi connectivity index (χ2n) is 6.78. The minimum atomic E-state index is -1.28. The zero-order valence-electron chi connectivity index (χ0n) is 16.3. The van der Waals surface area contributed by atoms with E-state index in [1.165, 1.54) is 46.5 Å². The van der Waals surface area contributed by atoms with E-state index < -0.39 is 11.2 Å². The van der Waals surface area contributed by atoms with Gasteiger partial charge in [-0.25, -0.2) is 4.99 Å². The lowest BCUT2D eigenvalue weighted by atomic mass is 10.1. The maximum absolute atomic E-state index is 12.5. The van der Waals surface area contributed by atoms with Gasteiger partial charge in [-0.2, -0.15) is 0 Å². The van der Waals surface area contributed by atoms with Crippen molar-refractivity contribution in [2.45, 2.75) is 25.5 Å². The molecule has 1 aliphatic rings. The van der Waals surface area contributed by atoms with E-state index in [0.717, 1.165) is 11.3 Å². The van der Waals surface area contributed by atoms with Crippen LogP contribution >= 0.6 is 11.8 Å². The average Bonchev–Trinajstić information content (AvgIpc) is 2.93. The van der Waals surface area contributed by atoms with Crippen LogP contribution in [0.15, 0.2) is 47.5 Å². The van der Waals surface area contributed by atoms with E-state index in [-0.39, 0.29) is 23.8 Å². The molecule has 150 valence electrons. The fraction of sp³-hybridized carbons (Fsp3) is 0.238. The number of carboxylic acids is 1. The second kappa shape index (κ2) is 8.48. The summed E-state index contributed by atoms with van der Waals surface area (Å²) in [7, 11) is 1.64. The number of thioether (sulfide) groups is 1. The van der Waals surface area contributed by atoms with Crippen LogP contribution in [0.1, 0.15) is 27.9 Å². The Morgan fingerprint density at radius 3 is 2.45 bits per heavy atom. The SMILES string of the molecule is Cc1ccc(N=C2S[C@@H](CC(=O)Nc3ccc(C(=O)[O-])cc3)C(=O)N2C)cc1C. The zero-order valence-corrected chi connectivity index (χ0v) is 17.1. The fourth-order valence-electron chi connectivity index (χ4n) is 2.77. The number of carboxylic acid groups (broad SMARTS) is 1. The summed E-state index contributed by atoms with van der Waals surface area (Å²) in [6, 6.07) is 11.5. The predicted molar refractivity (Wildman–Crippen MR) is 111 cm³/mol. The Bertz CT molecular complexity index is 1000. The zero-order chi connectivity index (χ0) is 21.1. The average molecular weight is 410 g/mol. The van der Waals surface area contributed by atoms with Gasteiger partial charge in [0.05, 0.1) is 11.7 Å². The lowest BCUT2D eigenvalue weighted by Crippen LogP contribution is -2.30. The number of rotatable bonds is 5. The quantitative estimate of drug-likeness (QED) is 0.815. The molecule has 0 saturated carbocycles. The first kappa shape index (κ1) is 20.6. The number of carbonyl (C=O) groups excluding carboxylic acids is 3. The molecule has 0 aromatic heterocycles. The highest BCUT2D eigenvalue weighted by atomic mass is 32.2. The molecule has 8 heteroatoms. The summed E-state index contributed by atoms with van der Waals surface area (Å²) in [4.78, 5) is 41.6. The molecule has 0 bridgehead atoms. The van der Waals surface area contributed by atoms with E-state index in [4.69, 9.17) is 0 Å². The van der Waals surface area contributed by atoms with Crippen molar-refractivity contribution in [3.05, 3.63) is 59.2 Å². The number of aromatic carboxylic acids is 1. The predicted octanol–water partition coefficient (Wildman–Crippen LogP) is 2.26. The van der Waals surface area contributed by atoms with Gasteiger partial charge in [-0.15, -0.1) is 0 Å². The highest BCUT2D eigenvalue weighted by Crippen LogP contribution is 2.31. The molecule has 1 atom stereocenters. The van der Waals surface area contributed by atoms with Crippen LogP contribution in [0.4, 0.5) is 11.4 Å². The van der Waals surface area contributed by atoms with E-state index in [1.54, 1.807) is 7.05 Å². The molecule has 1 fully saturated rings. The standard InChI is InChI=1S/C21H21N3O4S/c1-12-4-7-16(10-13(12)2)23-21-24(3)19(26)17(29-21)11-18(25)22-15-8-5-14(6-9-15)20(27)28/h4-10,17H,11H2,1-3H3,(H,22,25)(H,27,28)/p-1/t17-/m0/s1. The first-order valence-electron chi connectivity index (χ1n) is 8.96. The highest BCUT2D eigenvalue weighted by Gasteiger charge is 2.37. The summed E-state index contributed by atoms with van der Waals surface area (Å²) in [5, 5.41) is 13.4. The monoisotopic (exact) mass is 410 g/mol. The van der Waals surface area contributed by atoms with Crippen molar-refractivity contribution < 1.29 is 19.5 Å². The largest absolute Gasteiger partial charge is 0.545 e. The topological polar surface area (TPSA) is 102 Å². The minimum absolute atomic E-state index is 0.0119. The van der Waals surface area contributed by atoms with Crippen LogP contribution in [-0.4, -0.2) is 40.1 Å². The number of amidine groups is 1. The molecule has 1 aliphatic heterocycles. The summed E-state index contributed by atoms with van der Waals surface area (Å²) in [6.07, 6.45) is -0.0119. The van der Waals surface area contributed by atoms with E-state index in [0.29, 0.717) is 10.9 Å². The van der Waals surface area contributed by atoms with Crippen LogP contribution in [0.5, 0.6) is 0 Å². The number of benzene rings is 2. The lowest BCUT2D eigenvalue weighted by Gasteiger charge is -2.10. The van der Waals surface area contributed by atoms with Gasteiger partial charge in [0.25, 0.3) is 0 Å². The summed E-state index contributed by atoms with van der Waals surface area (Å²) in [5.41, 5.74) is 3.52. The molecular weight excluding hydrogens is 390 g/mol. The number of amides is 2. The molecule has 1 heterocycles. The molecule has 0 spiro atoms. The Morgan fingerprint density at radius 1 is 1.14 bits per heavy atom. The third kappa shape index (κ3) is 4.83. The van der Waals surface area contributed by atoms with Crippen molar-refractivity contribution in [3.8, 4) is 0 Å². The molecule has 1 N–H and O–H groups in total. The van der Waals surface area contributed by atoms with Gasteiger partial charge in [0.1, 0.15) is 5.25 Å². The van der Waals surface area contributed by atoms with Gasteiger partial charge in [0.15, 0.2) is 5.17 Å². The van der Waals surface area contributed by atoms with Crippen LogP contribution in [-0.2, 0) is 9.59 Å². The normalized spacial score (nSPS) is 17.6. The van der Waals surface area contributed by atoms with E-state index >= 15 is 0 Å². The molecule has 2 aromatic carbocycles. The summed E-state index contributed by atoms with van der Waals surface area (Å²) in [5.74, 6) is -1.80. The van der Waals surface area contributed by atoms with Crippen molar-refractivity contribution in [1.82, 2.24) is 4.90 Å². The summed E-state index contributed by atoms with van der Waals surface area (Å²) < 4.78 is 0. The molecule has 2 aromatic rings. The fourth-order valence-corrected chi connectivity index (χ4v) is 3.93. The smallest absolute Gasteiger partial charge is 0.242 e. The van der Waals surface area contributed by atoms with Gasteiger partial charge >= 0.3 is 0 Å². The van der Waals surface area contributed by atoms with Crippen LogP contribution in [0.3, 0.4) is 0 Å². The number of carbonyl (C=O) groups is 3. The number of nitrogens with one attached hydrogen (secondary N) is 1. The van der Waals surface area contributed by atoms with E-state index in [1.807, 2.05) is 32.0 Å². The minimum Gasteiger partial charge on any atom is -0.545 e. The number of hydrogen-bond acceptors (Lipinski definition) is 6. The molecule has 3 rings (SSSR count). The second-order valence-corrected chi connectivity index (χ2v) is 7.95. The van der Waals surface area contributed by atoms with Crippen molar-refractivity contribution >= 4 is 46.1 Å². The number of anilines is 1. The third-order valence-corrected chi connectivity index (χ3v) is 5.86. The van der Waals surface area contributed by atoms with Gasteiger partial charge < -0.3 is 15.2 Å². The van der Waals surface area contributed by atoms with Gasteiger partial charge in [-0.1, -0.05) is 30.0 Å². The van der Waals surface area contributed by atoms with Crippen molar-refractivity contribution in [2.75, 3.05) is 12.4 Å². The van der Waals surface area contributed by atoms with Gasteiger partial charge in [-0.05, 0) is 54.8 Å². The molecular formula is C21H20N3O4S-. The Morgan fingerprint density at radius 2 is 1.83 bits per heavy atom. The Labute approximate surface area is 172 Å². The van der Waals surface area contributed by atoms with E-state index in [2.05, 4.69) is 10.3 Å². The maximum atomic E-state index is 12.5. The molecule has 0 radical (unpaired) electrons. The van der Waals surface area contributed by atoms with Gasteiger partial charge in [-0.3, -0.25) is 14.5 Å². The van der Waals surface area contributed by atoms with Crippen LogP contribution in [0.2, 0.25) is 0 Å². The first-order valence-corrected chi connectivity index (χ1v) is 9.84. The van der Waals surface area contributed by atoms with Crippen LogP contribution in [0, 0.1) is 13.8 Å². The Hall–Kier alpha value is -3.13. The summed E-state index contributed by atoms with van der Waals surface area (Å²) in [6.45, 7) is 4.02. The maximum Gasteiger partial charge on any atom is 0.242 e. The lowest BCUT2D eigenvalue weighted by molar-refractivity contribution is -0.255. The van der Waals surface area contributed by atoms with Crippen molar-refractivity contribution in [3.63, 3.8) is 0 Å². The van der Waals surface area contributed by atoms with Crippen LogP contribution < -0.4 is 10.4 Å². The van der Waals surface area contributed by atoms with Crippen LogP contribution in [0.25, 0.3) is 0 Å². The van der Waals surface area contributed by atoms with Gasteiger partial charge in [0, 0.05) is 19.2 Å². The summed E-state index contributed by atoms with van der Waals surface area (Å²) >= 11 is 1.26. The number of aliphatic imine (C=N–C) groups is 1. The third-order valence-electron chi connectivity index (χ3n) is 4.63. The number of hydrogen-bond donors (Lipinski definition) is 1. The van der Waals surface area contributed by atoms with E-state index in [9.17, 15) is 19.5 Å².